The van der Waals surface area contributed by atoms with E-state index >= 15 is 0 Å². The van der Waals surface area contributed by atoms with Crippen LogP contribution in [-0.4, -0.2) is 23.7 Å². The number of nitrogens with one attached hydrogen (secondary N) is 2. The van der Waals surface area contributed by atoms with Crippen LogP contribution in [0.1, 0.15) is 69.7 Å². The van der Waals surface area contributed by atoms with Crippen LogP contribution in [0, 0.1) is 0 Å². The van der Waals surface area contributed by atoms with Crippen molar-refractivity contribution in [1.29, 1.82) is 0 Å². The Morgan fingerprint density at radius 1 is 1.00 bits per heavy atom. The predicted octanol–water partition coefficient (Wildman–Crippen LogP) is 6.34. The molecule has 0 aliphatic heterocycles. The zero-order valence-corrected chi connectivity index (χ0v) is 19.6. The summed E-state index contributed by atoms with van der Waals surface area (Å²) >= 11 is 5.31. The molecular weight excluding hydrogens is 408 g/mol. The smallest absolute Gasteiger partial charge is 0.257 e. The molecule has 1 atom stereocenters. The second kappa shape index (κ2) is 13.7. The normalized spacial score (nSPS) is 11.5. The minimum absolute atomic E-state index is 0.0897. The molecule has 6 heteroatoms. The number of ether oxygens (including phenoxy) is 2. The van der Waals surface area contributed by atoms with Gasteiger partial charge in [0.1, 0.15) is 11.5 Å². The van der Waals surface area contributed by atoms with Gasteiger partial charge in [-0.1, -0.05) is 51.7 Å². The minimum Gasteiger partial charge on any atom is -0.494 e. The second-order valence-electron chi connectivity index (χ2n) is 7.56. The van der Waals surface area contributed by atoms with Crippen molar-refractivity contribution in [1.82, 2.24) is 5.32 Å². The second-order valence-corrected chi connectivity index (χ2v) is 7.97. The number of carbonyl (C=O) groups is 1. The highest BCUT2D eigenvalue weighted by Crippen LogP contribution is 2.19. The summed E-state index contributed by atoms with van der Waals surface area (Å²) in [5.41, 5.74) is 1.26. The molecule has 2 aromatic rings. The van der Waals surface area contributed by atoms with Crippen molar-refractivity contribution in [2.45, 2.75) is 65.4 Å². The van der Waals surface area contributed by atoms with Gasteiger partial charge in [0, 0.05) is 17.3 Å². The van der Waals surface area contributed by atoms with E-state index in [-0.39, 0.29) is 17.1 Å². The van der Waals surface area contributed by atoms with Gasteiger partial charge < -0.3 is 14.8 Å². The van der Waals surface area contributed by atoms with Crippen LogP contribution in [0.3, 0.4) is 0 Å². The Morgan fingerprint density at radius 3 is 2.52 bits per heavy atom. The molecule has 0 aliphatic rings. The van der Waals surface area contributed by atoms with Crippen LogP contribution in [0.15, 0.2) is 48.5 Å². The van der Waals surface area contributed by atoms with Crippen LogP contribution in [0.2, 0.25) is 0 Å². The zero-order valence-electron chi connectivity index (χ0n) is 18.8. The number of hydrogen-bond donors (Lipinski definition) is 2. The molecule has 0 aliphatic carbocycles. The number of benzene rings is 2. The van der Waals surface area contributed by atoms with Crippen molar-refractivity contribution in [2.24, 2.45) is 0 Å². The van der Waals surface area contributed by atoms with Gasteiger partial charge in [-0.25, -0.2) is 0 Å². The zero-order chi connectivity index (χ0) is 22.5. The molecular formula is C25H34N2O3S. The molecule has 31 heavy (non-hydrogen) atoms. The van der Waals surface area contributed by atoms with Crippen molar-refractivity contribution in [3.63, 3.8) is 0 Å². The molecule has 0 bridgehead atoms. The van der Waals surface area contributed by atoms with E-state index < -0.39 is 0 Å². The van der Waals surface area contributed by atoms with Gasteiger partial charge in [-0.15, -0.1) is 0 Å². The summed E-state index contributed by atoms with van der Waals surface area (Å²) in [6.07, 6.45) is 6.98. The first-order valence-corrected chi connectivity index (χ1v) is 11.5. The topological polar surface area (TPSA) is 59.6 Å². The molecule has 0 heterocycles. The highest BCUT2D eigenvalue weighted by Gasteiger charge is 2.10. The molecule has 1 unspecified atom stereocenters. The Bertz CT molecular complexity index is 841. The lowest BCUT2D eigenvalue weighted by atomic mass is 10.2. The van der Waals surface area contributed by atoms with Crippen molar-refractivity contribution >= 4 is 28.9 Å². The van der Waals surface area contributed by atoms with E-state index in [0.717, 1.165) is 24.3 Å². The lowest BCUT2D eigenvalue weighted by molar-refractivity contribution is 0.0977. The molecule has 0 aromatic heterocycles. The van der Waals surface area contributed by atoms with Gasteiger partial charge in [-0.3, -0.25) is 10.1 Å². The average molecular weight is 443 g/mol. The fourth-order valence-electron chi connectivity index (χ4n) is 2.92. The highest BCUT2D eigenvalue weighted by atomic mass is 32.1. The van der Waals surface area contributed by atoms with E-state index in [2.05, 4.69) is 24.5 Å². The van der Waals surface area contributed by atoms with Gasteiger partial charge in [-0.2, -0.15) is 0 Å². The first-order chi connectivity index (χ1) is 15.0. The molecule has 2 N–H and O–H groups in total. The Balaban J connectivity index is 1.84. The third-order valence-corrected chi connectivity index (χ3v) is 5.05. The van der Waals surface area contributed by atoms with Gasteiger partial charge in [0.05, 0.1) is 12.7 Å². The van der Waals surface area contributed by atoms with E-state index in [1.54, 1.807) is 18.2 Å². The summed E-state index contributed by atoms with van der Waals surface area (Å²) in [6, 6.07) is 14.7. The highest BCUT2D eigenvalue weighted by molar-refractivity contribution is 7.80. The summed E-state index contributed by atoms with van der Waals surface area (Å²) in [5, 5.41) is 5.99. The summed E-state index contributed by atoms with van der Waals surface area (Å²) in [4.78, 5) is 12.6. The molecule has 1 amide bonds. The first-order valence-electron chi connectivity index (χ1n) is 11.1. The van der Waals surface area contributed by atoms with Crippen molar-refractivity contribution in [3.05, 3.63) is 54.1 Å². The third-order valence-electron chi connectivity index (χ3n) is 4.84. The van der Waals surface area contributed by atoms with E-state index in [0.29, 0.717) is 17.9 Å². The Hall–Kier alpha value is -2.60. The third kappa shape index (κ3) is 9.39. The standard InChI is InChI=1S/C25H34N2O3S/c1-4-6-7-8-9-16-29-22-14-11-13-21(18-22)26-25(31)27-24(28)20-12-10-15-23(17-20)30-19(3)5-2/h10-15,17-19H,4-9,16H2,1-3H3,(H2,26,27,28,31). The fraction of sp³-hybridized carbons (Fsp3) is 0.440. The average Bonchev–Trinajstić information content (AvgIpc) is 2.76. The number of amides is 1. The van der Waals surface area contributed by atoms with Gasteiger partial charge in [0.15, 0.2) is 5.11 Å². The molecule has 0 radical (unpaired) electrons. The van der Waals surface area contributed by atoms with E-state index in [1.165, 1.54) is 25.7 Å². The Labute approximate surface area is 191 Å². The molecule has 0 spiro atoms. The monoisotopic (exact) mass is 442 g/mol. The van der Waals surface area contributed by atoms with E-state index in [4.69, 9.17) is 21.7 Å². The SMILES string of the molecule is CCCCCCCOc1cccc(NC(=S)NC(=O)c2cccc(OC(C)CC)c2)c1. The van der Waals surface area contributed by atoms with Gasteiger partial charge in [0.2, 0.25) is 0 Å². The summed E-state index contributed by atoms with van der Waals surface area (Å²) in [5.74, 6) is 1.16. The Kier molecular flexibility index (Phi) is 10.9. The number of anilines is 1. The lowest BCUT2D eigenvalue weighted by Gasteiger charge is -2.14. The summed E-state index contributed by atoms with van der Waals surface area (Å²) < 4.78 is 11.6. The number of thiocarbonyl (C=S) groups is 1. The van der Waals surface area contributed by atoms with Crippen LogP contribution in [-0.2, 0) is 0 Å². The van der Waals surface area contributed by atoms with Gasteiger partial charge in [0.25, 0.3) is 5.91 Å². The van der Waals surface area contributed by atoms with Crippen molar-refractivity contribution in [3.8, 4) is 11.5 Å². The number of unbranched alkanes of at least 4 members (excludes halogenated alkanes) is 4. The number of carbonyl (C=O) groups excluding carboxylic acids is 1. The van der Waals surface area contributed by atoms with E-state index in [1.807, 2.05) is 37.3 Å². The quantitative estimate of drug-likeness (QED) is 0.297. The molecule has 2 aromatic carbocycles. The predicted molar refractivity (Wildman–Crippen MR) is 131 cm³/mol. The number of rotatable bonds is 12. The molecule has 0 saturated carbocycles. The van der Waals surface area contributed by atoms with Crippen LogP contribution in [0.4, 0.5) is 5.69 Å². The minimum atomic E-state index is -0.286. The van der Waals surface area contributed by atoms with Crippen LogP contribution in [0.5, 0.6) is 11.5 Å². The Morgan fingerprint density at radius 2 is 1.74 bits per heavy atom. The first kappa shape index (κ1) is 24.7. The van der Waals surface area contributed by atoms with Crippen LogP contribution in [0.25, 0.3) is 0 Å². The maximum absolute atomic E-state index is 12.6. The molecule has 0 saturated heterocycles. The number of hydrogen-bond acceptors (Lipinski definition) is 4. The maximum atomic E-state index is 12.6. The van der Waals surface area contributed by atoms with Crippen LogP contribution >= 0.6 is 12.2 Å². The van der Waals surface area contributed by atoms with Gasteiger partial charge >= 0.3 is 0 Å². The maximum Gasteiger partial charge on any atom is 0.257 e. The molecule has 168 valence electrons. The fourth-order valence-corrected chi connectivity index (χ4v) is 3.13. The largest absolute Gasteiger partial charge is 0.494 e. The lowest BCUT2D eigenvalue weighted by Crippen LogP contribution is -2.34. The van der Waals surface area contributed by atoms with Gasteiger partial charge in [-0.05, 0) is 62.3 Å². The summed E-state index contributed by atoms with van der Waals surface area (Å²) in [6.45, 7) is 6.96. The molecule has 2 rings (SSSR count). The summed E-state index contributed by atoms with van der Waals surface area (Å²) in [7, 11) is 0. The van der Waals surface area contributed by atoms with Crippen molar-refractivity contribution in [2.75, 3.05) is 11.9 Å². The van der Waals surface area contributed by atoms with Crippen molar-refractivity contribution < 1.29 is 14.3 Å². The molecule has 5 nitrogen and oxygen atoms in total. The van der Waals surface area contributed by atoms with Crippen LogP contribution < -0.4 is 20.1 Å². The molecule has 0 fully saturated rings. The van der Waals surface area contributed by atoms with E-state index in [9.17, 15) is 4.79 Å².